The smallest absolute Gasteiger partial charge is 0.268 e. The molecule has 0 saturated heterocycles. The van der Waals surface area contributed by atoms with E-state index in [-0.39, 0.29) is 18.4 Å². The van der Waals surface area contributed by atoms with Crippen LogP contribution in [0, 0.1) is 0 Å². The van der Waals surface area contributed by atoms with Crippen LogP contribution in [0.2, 0.25) is 0 Å². The second kappa shape index (κ2) is 7.24. The van der Waals surface area contributed by atoms with Gasteiger partial charge in [0, 0.05) is 20.1 Å². The first kappa shape index (κ1) is 17.3. The van der Waals surface area contributed by atoms with E-state index in [1.54, 1.807) is 17.7 Å². The van der Waals surface area contributed by atoms with Crippen LogP contribution in [0.25, 0.3) is 21.3 Å². The molecule has 0 aliphatic heterocycles. The van der Waals surface area contributed by atoms with Gasteiger partial charge in [0.2, 0.25) is 5.91 Å². The van der Waals surface area contributed by atoms with Gasteiger partial charge in [-0.25, -0.2) is 4.98 Å². The lowest BCUT2D eigenvalue weighted by molar-refractivity contribution is -0.120. The van der Waals surface area contributed by atoms with E-state index in [0.717, 1.165) is 21.3 Å². The molecule has 27 heavy (non-hydrogen) atoms. The summed E-state index contributed by atoms with van der Waals surface area (Å²) in [7, 11) is 1.85. The Morgan fingerprint density at radius 3 is 2.85 bits per heavy atom. The Hall–Kier alpha value is -3.13. The fourth-order valence-electron chi connectivity index (χ4n) is 3.09. The number of aromatic nitrogens is 3. The number of thiophene rings is 1. The fourth-order valence-corrected chi connectivity index (χ4v) is 3.93. The third-order valence-corrected chi connectivity index (χ3v) is 5.36. The van der Waals surface area contributed by atoms with Crippen molar-refractivity contribution in [3.8, 4) is 0 Å². The van der Waals surface area contributed by atoms with Crippen LogP contribution in [0.4, 0.5) is 0 Å². The summed E-state index contributed by atoms with van der Waals surface area (Å²) >= 11 is 1.59. The summed E-state index contributed by atoms with van der Waals surface area (Å²) in [6.45, 7) is 1.03. The van der Waals surface area contributed by atoms with Gasteiger partial charge in [-0.1, -0.05) is 12.1 Å². The van der Waals surface area contributed by atoms with Gasteiger partial charge in [0.1, 0.15) is 5.69 Å². The van der Waals surface area contributed by atoms with Crippen LogP contribution < -0.4 is 10.6 Å². The van der Waals surface area contributed by atoms with Crippen molar-refractivity contribution in [2.24, 2.45) is 7.05 Å². The Morgan fingerprint density at radius 1 is 1.15 bits per heavy atom. The molecule has 1 aromatic carbocycles. The van der Waals surface area contributed by atoms with Gasteiger partial charge in [-0.3, -0.25) is 9.59 Å². The molecule has 138 valence electrons. The minimum atomic E-state index is -0.253. The normalized spacial score (nSPS) is 11.1. The van der Waals surface area contributed by atoms with E-state index in [9.17, 15) is 9.59 Å². The molecule has 0 aliphatic rings. The molecular formula is C19H19N5O2S. The predicted molar refractivity (Wildman–Crippen MR) is 106 cm³/mol. The number of rotatable bonds is 6. The second-order valence-corrected chi connectivity index (χ2v) is 7.17. The van der Waals surface area contributed by atoms with Gasteiger partial charge >= 0.3 is 0 Å². The lowest BCUT2D eigenvalue weighted by Gasteiger charge is -2.09. The molecular weight excluding hydrogens is 362 g/mol. The zero-order valence-electron chi connectivity index (χ0n) is 14.8. The average molecular weight is 381 g/mol. The van der Waals surface area contributed by atoms with E-state index >= 15 is 0 Å². The molecule has 2 amide bonds. The van der Waals surface area contributed by atoms with Gasteiger partial charge in [0.05, 0.1) is 34.1 Å². The highest BCUT2D eigenvalue weighted by Gasteiger charge is 2.14. The SMILES string of the molecule is Cn1c(C(=O)NCC(=O)NCCn2cnc3ccccc32)cc2sccc21. The fraction of sp³-hybridized carbons (Fsp3) is 0.211. The Morgan fingerprint density at radius 2 is 2.00 bits per heavy atom. The maximum atomic E-state index is 12.3. The molecule has 0 fully saturated rings. The van der Waals surface area contributed by atoms with Crippen molar-refractivity contribution in [1.82, 2.24) is 24.8 Å². The van der Waals surface area contributed by atoms with Crippen molar-refractivity contribution < 1.29 is 9.59 Å². The van der Waals surface area contributed by atoms with Crippen LogP contribution in [0.15, 0.2) is 48.1 Å². The van der Waals surface area contributed by atoms with Crippen molar-refractivity contribution in [1.29, 1.82) is 0 Å². The first-order chi connectivity index (χ1) is 13.1. The number of benzene rings is 1. The number of para-hydroxylation sites is 2. The molecule has 3 aromatic heterocycles. The van der Waals surface area contributed by atoms with E-state index in [1.165, 1.54) is 0 Å². The van der Waals surface area contributed by atoms with Gasteiger partial charge in [0.25, 0.3) is 5.91 Å². The Kier molecular flexibility index (Phi) is 4.64. The number of nitrogens with zero attached hydrogens (tertiary/aromatic N) is 3. The Bertz CT molecular complexity index is 1120. The number of nitrogens with one attached hydrogen (secondary N) is 2. The molecule has 0 bridgehead atoms. The molecule has 0 radical (unpaired) electrons. The van der Waals surface area contributed by atoms with Crippen LogP contribution in [-0.4, -0.2) is 39.0 Å². The van der Waals surface area contributed by atoms with Gasteiger partial charge in [-0.05, 0) is 29.6 Å². The van der Waals surface area contributed by atoms with Crippen LogP contribution >= 0.6 is 11.3 Å². The molecule has 0 spiro atoms. The van der Waals surface area contributed by atoms with Gasteiger partial charge in [0.15, 0.2) is 0 Å². The third kappa shape index (κ3) is 3.43. The first-order valence-electron chi connectivity index (χ1n) is 8.61. The summed E-state index contributed by atoms with van der Waals surface area (Å²) in [4.78, 5) is 28.7. The summed E-state index contributed by atoms with van der Waals surface area (Å²) < 4.78 is 4.88. The Labute approximate surface area is 159 Å². The summed E-state index contributed by atoms with van der Waals surface area (Å²) in [5, 5.41) is 7.49. The van der Waals surface area contributed by atoms with Crippen molar-refractivity contribution in [2.45, 2.75) is 6.54 Å². The summed E-state index contributed by atoms with van der Waals surface area (Å²) in [5.74, 6) is -0.472. The van der Waals surface area contributed by atoms with Crippen molar-refractivity contribution in [2.75, 3.05) is 13.1 Å². The van der Waals surface area contributed by atoms with Gasteiger partial charge in [-0.2, -0.15) is 0 Å². The monoisotopic (exact) mass is 381 g/mol. The number of fused-ring (bicyclic) bond motifs is 2. The van der Waals surface area contributed by atoms with Crippen LogP contribution in [0.5, 0.6) is 0 Å². The molecule has 0 unspecified atom stereocenters. The highest BCUT2D eigenvalue weighted by atomic mass is 32.1. The van der Waals surface area contributed by atoms with Crippen molar-refractivity contribution >= 4 is 44.4 Å². The summed E-state index contributed by atoms with van der Waals surface area (Å²) in [6, 6.07) is 11.7. The zero-order valence-corrected chi connectivity index (χ0v) is 15.6. The maximum absolute atomic E-state index is 12.3. The summed E-state index contributed by atoms with van der Waals surface area (Å²) in [6.07, 6.45) is 1.76. The molecule has 4 rings (SSSR count). The molecule has 0 atom stereocenters. The largest absolute Gasteiger partial charge is 0.353 e. The van der Waals surface area contributed by atoms with Crippen molar-refractivity contribution in [3.05, 3.63) is 53.8 Å². The maximum Gasteiger partial charge on any atom is 0.268 e. The molecule has 7 nitrogen and oxygen atoms in total. The highest BCUT2D eigenvalue weighted by molar-refractivity contribution is 7.17. The number of hydrogen-bond acceptors (Lipinski definition) is 4. The quantitative estimate of drug-likeness (QED) is 0.537. The number of aryl methyl sites for hydroxylation is 1. The molecule has 4 aromatic rings. The molecule has 0 aliphatic carbocycles. The number of carbonyl (C=O) groups is 2. The van der Waals surface area contributed by atoms with E-state index in [4.69, 9.17) is 0 Å². The molecule has 2 N–H and O–H groups in total. The standard InChI is InChI=1S/C19H19N5O2S/c1-23-15-6-9-27-17(15)10-16(23)19(26)21-11-18(25)20-7-8-24-12-22-13-4-2-3-5-14(13)24/h2-6,9-10,12H,7-8,11H2,1H3,(H,20,25)(H,21,26). The number of hydrogen-bond donors (Lipinski definition) is 2. The second-order valence-electron chi connectivity index (χ2n) is 6.22. The van der Waals surface area contributed by atoms with E-state index < -0.39 is 0 Å². The lowest BCUT2D eigenvalue weighted by Crippen LogP contribution is -2.38. The van der Waals surface area contributed by atoms with E-state index in [0.29, 0.717) is 18.8 Å². The number of amides is 2. The number of carbonyl (C=O) groups excluding carboxylic acids is 2. The van der Waals surface area contributed by atoms with E-state index in [1.807, 2.05) is 58.0 Å². The lowest BCUT2D eigenvalue weighted by atomic mass is 10.3. The molecule has 0 saturated carbocycles. The van der Waals surface area contributed by atoms with Crippen LogP contribution in [0.1, 0.15) is 10.5 Å². The molecule has 8 heteroatoms. The summed E-state index contributed by atoms with van der Waals surface area (Å²) in [5.41, 5.74) is 3.53. The van der Waals surface area contributed by atoms with Crippen LogP contribution in [0.3, 0.4) is 0 Å². The third-order valence-electron chi connectivity index (χ3n) is 4.51. The minimum Gasteiger partial charge on any atom is -0.353 e. The number of imidazole rings is 1. The van der Waals surface area contributed by atoms with Gasteiger partial charge in [-0.15, -0.1) is 11.3 Å². The van der Waals surface area contributed by atoms with Crippen molar-refractivity contribution in [3.63, 3.8) is 0 Å². The molecule has 3 heterocycles. The first-order valence-corrected chi connectivity index (χ1v) is 9.49. The Balaban J connectivity index is 1.27. The van der Waals surface area contributed by atoms with E-state index in [2.05, 4.69) is 15.6 Å². The highest BCUT2D eigenvalue weighted by Crippen LogP contribution is 2.23. The zero-order chi connectivity index (χ0) is 18.8. The predicted octanol–water partition coefficient (Wildman–Crippen LogP) is 2.14. The van der Waals surface area contributed by atoms with Crippen LogP contribution in [-0.2, 0) is 18.4 Å². The van der Waals surface area contributed by atoms with Gasteiger partial charge < -0.3 is 19.8 Å². The topological polar surface area (TPSA) is 81.0 Å². The average Bonchev–Trinajstić information content (AvgIpc) is 3.37. The minimum absolute atomic E-state index is 0.0532.